The Kier molecular flexibility index (Phi) is 6.90. The molecule has 0 spiro atoms. The van der Waals surface area contributed by atoms with Gasteiger partial charge in [-0.25, -0.2) is 0 Å². The van der Waals surface area contributed by atoms with Gasteiger partial charge in [0.25, 0.3) is 0 Å². The number of benzene rings is 1. The number of hydrogen-bond acceptors (Lipinski definition) is 2. The minimum atomic E-state index is -0.827. The number of carboxylic acid groups (broad SMARTS) is 1. The van der Waals surface area contributed by atoms with E-state index in [0.29, 0.717) is 0 Å². The van der Waals surface area contributed by atoms with Gasteiger partial charge in [0.05, 0.1) is 0 Å². The van der Waals surface area contributed by atoms with E-state index in [0.717, 1.165) is 43.4 Å². The van der Waals surface area contributed by atoms with E-state index in [1.54, 1.807) is 0 Å². The van der Waals surface area contributed by atoms with E-state index in [9.17, 15) is 9.90 Å². The fraction of sp³-hybridized carbons (Fsp3) is 0.438. The van der Waals surface area contributed by atoms with Crippen LogP contribution in [0.4, 0.5) is 0 Å². The maximum absolute atomic E-state index is 11.4. The summed E-state index contributed by atoms with van der Waals surface area (Å²) in [4.78, 5) is 11.4. The second-order valence-corrected chi connectivity index (χ2v) is 4.67. The molecule has 3 heteroatoms. The molecule has 0 saturated heterocycles. The molecule has 1 rings (SSSR count). The zero-order valence-electron chi connectivity index (χ0n) is 11.6. The lowest BCUT2D eigenvalue weighted by Gasteiger charge is -2.15. The van der Waals surface area contributed by atoms with Crippen LogP contribution in [0, 0.1) is 0 Å². The molecule has 0 fully saturated rings. The lowest BCUT2D eigenvalue weighted by Crippen LogP contribution is -2.29. The second-order valence-electron chi connectivity index (χ2n) is 4.67. The van der Waals surface area contributed by atoms with Crippen molar-refractivity contribution in [1.29, 1.82) is 0 Å². The molecule has 1 unspecified atom stereocenters. The van der Waals surface area contributed by atoms with E-state index in [2.05, 4.69) is 18.8 Å². The summed E-state index contributed by atoms with van der Waals surface area (Å²) in [7, 11) is 0. The minimum Gasteiger partial charge on any atom is -0.480 e. The molecule has 0 aliphatic carbocycles. The number of nitrogens with one attached hydrogen (secondary N) is 1. The molecule has 1 aromatic rings. The lowest BCUT2D eigenvalue weighted by molar-refractivity contribution is -0.139. The molecular weight excluding hydrogens is 238 g/mol. The number of hydrogen-bond donors (Lipinski definition) is 2. The third-order valence-electron chi connectivity index (χ3n) is 3.04. The molecule has 1 aromatic carbocycles. The molecule has 0 radical (unpaired) electrons. The van der Waals surface area contributed by atoms with Crippen LogP contribution in [0.5, 0.6) is 0 Å². The van der Waals surface area contributed by atoms with Crippen LogP contribution in [0.25, 0.3) is 0 Å². The van der Waals surface area contributed by atoms with E-state index in [-0.39, 0.29) is 0 Å². The second kappa shape index (κ2) is 8.48. The van der Waals surface area contributed by atoms with Gasteiger partial charge in [-0.15, -0.1) is 6.58 Å². The van der Waals surface area contributed by atoms with Gasteiger partial charge >= 0.3 is 5.97 Å². The van der Waals surface area contributed by atoms with Crippen LogP contribution in [-0.4, -0.2) is 17.6 Å². The SMILES string of the molecule is C=CCc1cccc(C(NCCCCC)C(=O)O)c1. The molecule has 0 heterocycles. The van der Waals surface area contributed by atoms with Gasteiger partial charge in [-0.2, -0.15) is 0 Å². The molecular formula is C16H23NO2. The van der Waals surface area contributed by atoms with Crippen molar-refractivity contribution in [3.8, 4) is 0 Å². The minimum absolute atomic E-state index is 0.623. The van der Waals surface area contributed by atoms with Gasteiger partial charge in [0.2, 0.25) is 0 Å². The van der Waals surface area contributed by atoms with Gasteiger partial charge in [-0.1, -0.05) is 50.1 Å². The van der Waals surface area contributed by atoms with Gasteiger partial charge in [-0.05, 0) is 30.5 Å². The highest BCUT2D eigenvalue weighted by Crippen LogP contribution is 2.16. The summed E-state index contributed by atoms with van der Waals surface area (Å²) >= 11 is 0. The van der Waals surface area contributed by atoms with Crippen LogP contribution < -0.4 is 5.32 Å². The van der Waals surface area contributed by atoms with E-state index in [4.69, 9.17) is 0 Å². The summed E-state index contributed by atoms with van der Waals surface area (Å²) in [6.07, 6.45) is 5.84. The maximum Gasteiger partial charge on any atom is 0.325 e. The van der Waals surface area contributed by atoms with Crippen LogP contribution >= 0.6 is 0 Å². The Bertz CT molecular complexity index is 415. The Morgan fingerprint density at radius 1 is 1.47 bits per heavy atom. The van der Waals surface area contributed by atoms with Gasteiger partial charge in [0.15, 0.2) is 0 Å². The van der Waals surface area contributed by atoms with E-state index >= 15 is 0 Å². The zero-order valence-corrected chi connectivity index (χ0v) is 11.6. The van der Waals surface area contributed by atoms with E-state index < -0.39 is 12.0 Å². The molecule has 19 heavy (non-hydrogen) atoms. The first kappa shape index (κ1) is 15.4. The average Bonchev–Trinajstić information content (AvgIpc) is 2.39. The van der Waals surface area contributed by atoms with Crippen LogP contribution in [-0.2, 0) is 11.2 Å². The summed E-state index contributed by atoms with van der Waals surface area (Å²) < 4.78 is 0. The van der Waals surface area contributed by atoms with E-state index in [1.165, 1.54) is 0 Å². The summed E-state index contributed by atoms with van der Waals surface area (Å²) in [5, 5.41) is 12.4. The molecule has 0 aliphatic rings. The van der Waals surface area contributed by atoms with Crippen molar-refractivity contribution in [3.05, 3.63) is 48.0 Å². The predicted octanol–water partition coefficient (Wildman–Crippen LogP) is 3.32. The highest BCUT2D eigenvalue weighted by atomic mass is 16.4. The fourth-order valence-electron chi connectivity index (χ4n) is 2.04. The molecule has 0 amide bonds. The Morgan fingerprint density at radius 3 is 2.89 bits per heavy atom. The Hall–Kier alpha value is -1.61. The van der Waals surface area contributed by atoms with E-state index in [1.807, 2.05) is 30.3 Å². The normalized spacial score (nSPS) is 12.1. The standard InChI is InChI=1S/C16H23NO2/c1-3-5-6-11-17-15(16(18)19)14-10-7-9-13(12-14)8-4-2/h4,7,9-10,12,15,17H,2-3,5-6,8,11H2,1H3,(H,18,19). The highest BCUT2D eigenvalue weighted by molar-refractivity contribution is 5.75. The monoisotopic (exact) mass is 261 g/mol. The first-order chi connectivity index (χ1) is 9.19. The Morgan fingerprint density at radius 2 is 2.26 bits per heavy atom. The van der Waals surface area contributed by atoms with Crippen molar-refractivity contribution < 1.29 is 9.90 Å². The van der Waals surface area contributed by atoms with Crippen molar-refractivity contribution >= 4 is 5.97 Å². The predicted molar refractivity (Wildman–Crippen MR) is 78.2 cm³/mol. The summed E-state index contributed by atoms with van der Waals surface area (Å²) in [5.41, 5.74) is 1.90. The van der Waals surface area contributed by atoms with Gasteiger partial charge in [0, 0.05) is 0 Å². The third kappa shape index (κ3) is 5.26. The Balaban J connectivity index is 2.72. The summed E-state index contributed by atoms with van der Waals surface area (Å²) in [6.45, 7) is 6.57. The molecule has 0 saturated carbocycles. The molecule has 2 N–H and O–H groups in total. The molecule has 0 aliphatic heterocycles. The number of rotatable bonds is 9. The van der Waals surface area contributed by atoms with Gasteiger partial charge < -0.3 is 10.4 Å². The number of carbonyl (C=O) groups is 1. The largest absolute Gasteiger partial charge is 0.480 e. The lowest BCUT2D eigenvalue weighted by atomic mass is 10.0. The van der Waals surface area contributed by atoms with Crippen LogP contribution in [0.15, 0.2) is 36.9 Å². The van der Waals surface area contributed by atoms with Crippen LogP contribution in [0.1, 0.15) is 43.4 Å². The van der Waals surface area contributed by atoms with Crippen molar-refractivity contribution in [2.45, 2.75) is 38.6 Å². The average molecular weight is 261 g/mol. The molecule has 1 atom stereocenters. The highest BCUT2D eigenvalue weighted by Gasteiger charge is 2.18. The van der Waals surface area contributed by atoms with Gasteiger partial charge in [0.1, 0.15) is 6.04 Å². The first-order valence-electron chi connectivity index (χ1n) is 6.85. The van der Waals surface area contributed by atoms with Gasteiger partial charge in [-0.3, -0.25) is 4.79 Å². The summed E-state index contributed by atoms with van der Waals surface area (Å²) in [5.74, 6) is -0.827. The smallest absolute Gasteiger partial charge is 0.325 e. The fourth-order valence-corrected chi connectivity index (χ4v) is 2.04. The Labute approximate surface area is 115 Å². The summed E-state index contributed by atoms with van der Waals surface area (Å²) in [6, 6.07) is 7.06. The number of aliphatic carboxylic acids is 1. The van der Waals surface area contributed by atoms with Crippen LogP contribution in [0.3, 0.4) is 0 Å². The molecule has 104 valence electrons. The molecule has 0 bridgehead atoms. The topological polar surface area (TPSA) is 49.3 Å². The van der Waals surface area contributed by atoms with Crippen molar-refractivity contribution in [2.24, 2.45) is 0 Å². The van der Waals surface area contributed by atoms with Crippen molar-refractivity contribution in [3.63, 3.8) is 0 Å². The maximum atomic E-state index is 11.4. The first-order valence-corrected chi connectivity index (χ1v) is 6.85. The molecule has 3 nitrogen and oxygen atoms in total. The number of unbranched alkanes of at least 4 members (excludes halogenated alkanes) is 2. The number of carboxylic acids is 1. The van der Waals surface area contributed by atoms with Crippen molar-refractivity contribution in [2.75, 3.05) is 6.54 Å². The quantitative estimate of drug-likeness (QED) is 0.529. The zero-order chi connectivity index (χ0) is 14.1. The molecule has 0 aromatic heterocycles. The number of allylic oxidation sites excluding steroid dienone is 1. The van der Waals surface area contributed by atoms with Crippen LogP contribution in [0.2, 0.25) is 0 Å². The third-order valence-corrected chi connectivity index (χ3v) is 3.04. The van der Waals surface area contributed by atoms with Crippen molar-refractivity contribution in [1.82, 2.24) is 5.32 Å².